The number of nitrogens with one attached hydrogen (secondary N) is 1. The molecule has 1 saturated heterocycles. The van der Waals surface area contributed by atoms with E-state index in [2.05, 4.69) is 23.2 Å². The summed E-state index contributed by atoms with van der Waals surface area (Å²) in [6, 6.07) is 2.14. The Balaban J connectivity index is 1.92. The topological polar surface area (TPSA) is 76.4 Å². The van der Waals surface area contributed by atoms with E-state index in [1.807, 2.05) is 6.92 Å². The molecule has 1 aliphatic carbocycles. The largest absolute Gasteiger partial charge is 0.396 e. The molecule has 0 spiro atoms. The van der Waals surface area contributed by atoms with Gasteiger partial charge in [-0.1, -0.05) is 26.2 Å². The molecule has 1 atom stereocenters. The molecular weight excluding hydrogens is 290 g/mol. The molecule has 2 aliphatic rings. The van der Waals surface area contributed by atoms with Crippen LogP contribution in [0.2, 0.25) is 0 Å². The minimum Gasteiger partial charge on any atom is -0.396 e. The normalized spacial score (nSPS) is 25.3. The summed E-state index contributed by atoms with van der Waals surface area (Å²) in [5.74, 6) is -0.0264. The summed E-state index contributed by atoms with van der Waals surface area (Å²) in [5.41, 5.74) is -0.623. The molecular formula is C18H31N3O2. The molecule has 1 aliphatic heterocycles. The van der Waals surface area contributed by atoms with Crippen LogP contribution >= 0.6 is 0 Å². The highest BCUT2D eigenvalue weighted by atomic mass is 16.3. The van der Waals surface area contributed by atoms with E-state index >= 15 is 0 Å². The van der Waals surface area contributed by atoms with Gasteiger partial charge in [0.1, 0.15) is 5.54 Å². The number of hydrogen-bond acceptors (Lipinski definition) is 4. The lowest BCUT2D eigenvalue weighted by molar-refractivity contribution is -0.128. The van der Waals surface area contributed by atoms with Crippen LogP contribution < -0.4 is 5.32 Å². The Bertz CT molecular complexity index is 438. The molecule has 0 aromatic carbocycles. The summed E-state index contributed by atoms with van der Waals surface area (Å²) >= 11 is 0. The molecule has 1 saturated carbocycles. The van der Waals surface area contributed by atoms with Gasteiger partial charge in [-0.25, -0.2) is 0 Å². The molecule has 1 heterocycles. The second-order valence-corrected chi connectivity index (χ2v) is 7.47. The standard InChI is InChI=1S/C18H31N3O2/c1-3-17(14-22)9-11-21(12-10-17)15(2)16(23)20-18(13-19)7-5-4-6-8-18/h15,22H,3-12,14H2,1-2H3,(H,20,23). The number of nitriles is 1. The van der Waals surface area contributed by atoms with Gasteiger partial charge in [-0.15, -0.1) is 0 Å². The first-order valence-electron chi connectivity index (χ1n) is 9.08. The van der Waals surface area contributed by atoms with Crippen LogP contribution in [0.15, 0.2) is 0 Å². The first kappa shape index (κ1) is 18.2. The number of amides is 1. The molecule has 2 N–H and O–H groups in total. The van der Waals surface area contributed by atoms with E-state index in [0.29, 0.717) is 0 Å². The van der Waals surface area contributed by atoms with Crippen molar-refractivity contribution < 1.29 is 9.90 Å². The summed E-state index contributed by atoms with van der Waals surface area (Å²) in [4.78, 5) is 14.8. The quantitative estimate of drug-likeness (QED) is 0.814. The van der Waals surface area contributed by atoms with Crippen molar-refractivity contribution in [3.8, 4) is 6.07 Å². The molecule has 5 nitrogen and oxygen atoms in total. The maximum atomic E-state index is 12.6. The van der Waals surface area contributed by atoms with Gasteiger partial charge in [0.15, 0.2) is 0 Å². The van der Waals surface area contributed by atoms with Crippen molar-refractivity contribution in [1.29, 1.82) is 5.26 Å². The molecule has 0 bridgehead atoms. The predicted molar refractivity (Wildman–Crippen MR) is 89.7 cm³/mol. The molecule has 2 rings (SSSR count). The molecule has 0 radical (unpaired) electrons. The minimum absolute atomic E-state index is 0.0264. The molecule has 1 unspecified atom stereocenters. The van der Waals surface area contributed by atoms with Gasteiger partial charge in [0.25, 0.3) is 0 Å². The highest BCUT2D eigenvalue weighted by molar-refractivity contribution is 5.82. The van der Waals surface area contributed by atoms with Crippen molar-refractivity contribution in [2.45, 2.75) is 76.8 Å². The molecule has 0 aromatic heterocycles. The molecule has 23 heavy (non-hydrogen) atoms. The zero-order chi connectivity index (χ0) is 16.9. The van der Waals surface area contributed by atoms with E-state index < -0.39 is 5.54 Å². The van der Waals surface area contributed by atoms with E-state index in [9.17, 15) is 15.2 Å². The Morgan fingerprint density at radius 3 is 2.35 bits per heavy atom. The highest BCUT2D eigenvalue weighted by Gasteiger charge is 2.38. The first-order chi connectivity index (χ1) is 11.0. The van der Waals surface area contributed by atoms with Crippen LogP contribution in [0, 0.1) is 16.7 Å². The van der Waals surface area contributed by atoms with Gasteiger partial charge in [-0.05, 0) is 57.5 Å². The maximum absolute atomic E-state index is 12.6. The van der Waals surface area contributed by atoms with Crippen LogP contribution in [0.5, 0.6) is 0 Å². The minimum atomic E-state index is -0.655. The first-order valence-corrected chi connectivity index (χ1v) is 9.08. The Labute approximate surface area is 140 Å². The summed E-state index contributed by atoms with van der Waals surface area (Å²) in [7, 11) is 0. The zero-order valence-corrected chi connectivity index (χ0v) is 14.6. The average molecular weight is 321 g/mol. The van der Waals surface area contributed by atoms with Gasteiger partial charge in [-0.3, -0.25) is 9.69 Å². The smallest absolute Gasteiger partial charge is 0.238 e. The van der Waals surface area contributed by atoms with E-state index in [1.54, 1.807) is 0 Å². The molecule has 1 amide bonds. The van der Waals surface area contributed by atoms with E-state index in [-0.39, 0.29) is 24.0 Å². The number of aliphatic hydroxyl groups excluding tert-OH is 1. The van der Waals surface area contributed by atoms with Crippen molar-refractivity contribution in [2.75, 3.05) is 19.7 Å². The SMILES string of the molecule is CCC1(CO)CCN(C(C)C(=O)NC2(C#N)CCCCC2)CC1. The van der Waals surface area contributed by atoms with Crippen LogP contribution in [-0.2, 0) is 4.79 Å². The van der Waals surface area contributed by atoms with Crippen molar-refractivity contribution in [1.82, 2.24) is 10.2 Å². The second-order valence-electron chi connectivity index (χ2n) is 7.47. The van der Waals surface area contributed by atoms with Crippen LogP contribution in [0.4, 0.5) is 0 Å². The Hall–Kier alpha value is -1.12. The second kappa shape index (κ2) is 7.63. The van der Waals surface area contributed by atoms with Gasteiger partial charge in [-0.2, -0.15) is 5.26 Å². The Kier molecular flexibility index (Phi) is 6.05. The zero-order valence-electron chi connectivity index (χ0n) is 14.6. The molecule has 130 valence electrons. The monoisotopic (exact) mass is 321 g/mol. The number of hydrogen-bond donors (Lipinski definition) is 2. The van der Waals surface area contributed by atoms with Gasteiger partial charge in [0.2, 0.25) is 5.91 Å². The number of aliphatic hydroxyl groups is 1. The lowest BCUT2D eigenvalue weighted by Crippen LogP contribution is -2.56. The van der Waals surface area contributed by atoms with Crippen LogP contribution in [0.3, 0.4) is 0 Å². The summed E-state index contributed by atoms with van der Waals surface area (Å²) in [5, 5.41) is 22.2. The number of carbonyl (C=O) groups excluding carboxylic acids is 1. The van der Waals surface area contributed by atoms with Gasteiger partial charge >= 0.3 is 0 Å². The molecule has 0 aromatic rings. The summed E-state index contributed by atoms with van der Waals surface area (Å²) in [6.07, 6.45) is 7.57. The molecule has 5 heteroatoms. The van der Waals surface area contributed by atoms with Crippen LogP contribution in [0.1, 0.15) is 65.2 Å². The van der Waals surface area contributed by atoms with Gasteiger partial charge < -0.3 is 10.4 Å². The van der Waals surface area contributed by atoms with E-state index in [4.69, 9.17) is 0 Å². The van der Waals surface area contributed by atoms with E-state index in [1.165, 1.54) is 0 Å². The van der Waals surface area contributed by atoms with E-state index in [0.717, 1.165) is 64.5 Å². The number of piperidine rings is 1. The summed E-state index contributed by atoms with van der Waals surface area (Å²) < 4.78 is 0. The maximum Gasteiger partial charge on any atom is 0.238 e. The van der Waals surface area contributed by atoms with Crippen LogP contribution in [0.25, 0.3) is 0 Å². The number of likely N-dealkylation sites (tertiary alicyclic amines) is 1. The third kappa shape index (κ3) is 4.05. The summed E-state index contributed by atoms with van der Waals surface area (Å²) in [6.45, 7) is 5.96. The predicted octanol–water partition coefficient (Wildman–Crippen LogP) is 2.20. The highest BCUT2D eigenvalue weighted by Crippen LogP contribution is 2.35. The van der Waals surface area contributed by atoms with Crippen molar-refractivity contribution in [2.24, 2.45) is 5.41 Å². The fourth-order valence-corrected chi connectivity index (χ4v) is 3.94. The average Bonchev–Trinajstić information content (AvgIpc) is 2.62. The van der Waals surface area contributed by atoms with Gasteiger partial charge in [0.05, 0.1) is 12.1 Å². The number of carbonyl (C=O) groups is 1. The Morgan fingerprint density at radius 1 is 1.26 bits per heavy atom. The van der Waals surface area contributed by atoms with Gasteiger partial charge in [0, 0.05) is 6.61 Å². The van der Waals surface area contributed by atoms with Crippen molar-refractivity contribution in [3.63, 3.8) is 0 Å². The van der Waals surface area contributed by atoms with Crippen LogP contribution in [-0.4, -0.2) is 47.2 Å². The van der Waals surface area contributed by atoms with Crippen molar-refractivity contribution in [3.05, 3.63) is 0 Å². The fourth-order valence-electron chi connectivity index (χ4n) is 3.94. The molecule has 2 fully saturated rings. The van der Waals surface area contributed by atoms with Crippen molar-refractivity contribution >= 4 is 5.91 Å². The fraction of sp³-hybridized carbons (Fsp3) is 0.889. The Morgan fingerprint density at radius 2 is 1.87 bits per heavy atom. The third-order valence-corrected chi connectivity index (χ3v) is 6.15. The lowest BCUT2D eigenvalue weighted by atomic mass is 9.76. The lowest BCUT2D eigenvalue weighted by Gasteiger charge is -2.42. The number of rotatable bonds is 5. The third-order valence-electron chi connectivity index (χ3n) is 6.15. The number of nitrogens with zero attached hydrogens (tertiary/aromatic N) is 2.